The number of nitrogens with two attached hydrogens (primary N) is 1. The second kappa shape index (κ2) is 1.73. The lowest BCUT2D eigenvalue weighted by atomic mass is 10.8. The number of anilines is 1. The molecule has 9 heavy (non-hydrogen) atoms. The van der Waals surface area contributed by atoms with Crippen LogP contribution in [0.15, 0.2) is 6.20 Å². The first-order chi connectivity index (χ1) is 4.20. The highest BCUT2D eigenvalue weighted by atomic mass is 16.6. The molecule has 6 heteroatoms. The average molecular weight is 128 g/mol. The van der Waals surface area contributed by atoms with Gasteiger partial charge in [-0.25, -0.2) is 4.98 Å². The van der Waals surface area contributed by atoms with Crippen LogP contribution in [-0.2, 0) is 0 Å². The molecule has 6 nitrogen and oxygen atoms in total. The zero-order chi connectivity index (χ0) is 6.85. The summed E-state index contributed by atoms with van der Waals surface area (Å²) in [6.45, 7) is 0. The van der Waals surface area contributed by atoms with Gasteiger partial charge in [-0.3, -0.25) is 0 Å². The SMILES string of the molecule is Nc1ncc([N+](=O)[O-])[nH]1. The fourth-order valence-corrected chi connectivity index (χ4v) is 0.419. The smallest absolute Gasteiger partial charge is 0.342 e. The number of nitro groups is 1. The molecule has 0 aliphatic rings. The number of nitrogens with one attached hydrogen (secondary N) is 1. The van der Waals surface area contributed by atoms with Gasteiger partial charge in [0.25, 0.3) is 5.95 Å². The molecule has 0 bridgehead atoms. The van der Waals surface area contributed by atoms with Crippen molar-refractivity contribution in [1.29, 1.82) is 0 Å². The molecule has 1 aromatic rings. The van der Waals surface area contributed by atoms with Gasteiger partial charge in [-0.2, -0.15) is 4.98 Å². The lowest BCUT2D eigenvalue weighted by Gasteiger charge is -1.83. The normalized spacial score (nSPS) is 9.33. The molecule has 0 saturated carbocycles. The van der Waals surface area contributed by atoms with Crippen LogP contribution in [0.3, 0.4) is 0 Å². The Bertz CT molecular complexity index is 229. The molecule has 3 N–H and O–H groups in total. The zero-order valence-electron chi connectivity index (χ0n) is 4.37. The predicted molar refractivity (Wildman–Crippen MR) is 29.7 cm³/mol. The molecule has 1 rings (SSSR count). The van der Waals surface area contributed by atoms with Crippen molar-refractivity contribution < 1.29 is 4.92 Å². The number of hydrogen-bond acceptors (Lipinski definition) is 4. The molecule has 0 saturated heterocycles. The Balaban J connectivity index is 2.98. The quantitative estimate of drug-likeness (QED) is 0.407. The van der Waals surface area contributed by atoms with E-state index >= 15 is 0 Å². The van der Waals surface area contributed by atoms with Gasteiger partial charge in [-0.15, -0.1) is 0 Å². The summed E-state index contributed by atoms with van der Waals surface area (Å²) in [6, 6.07) is 0. The summed E-state index contributed by atoms with van der Waals surface area (Å²) in [5, 5.41) is 9.89. The number of imidazole rings is 1. The predicted octanol–water partition coefficient (Wildman–Crippen LogP) is -0.0999. The minimum Gasteiger partial charge on any atom is -0.358 e. The maximum atomic E-state index is 9.89. The fourth-order valence-electron chi connectivity index (χ4n) is 0.419. The van der Waals surface area contributed by atoms with Crippen LogP contribution >= 0.6 is 0 Å². The Kier molecular flexibility index (Phi) is 1.07. The molecule has 1 aromatic heterocycles. The highest BCUT2D eigenvalue weighted by molar-refractivity contribution is 5.26. The first-order valence-electron chi connectivity index (χ1n) is 2.15. The Hall–Kier alpha value is -1.59. The van der Waals surface area contributed by atoms with Crippen molar-refractivity contribution in [2.45, 2.75) is 0 Å². The minimum atomic E-state index is -0.594. The second-order valence-electron chi connectivity index (χ2n) is 1.41. The van der Waals surface area contributed by atoms with Gasteiger partial charge in [0.15, 0.2) is 0 Å². The van der Waals surface area contributed by atoms with Crippen molar-refractivity contribution in [3.8, 4) is 0 Å². The molecule has 0 atom stereocenters. The third-order valence-corrected chi connectivity index (χ3v) is 0.779. The van der Waals surface area contributed by atoms with Gasteiger partial charge in [0.05, 0.1) is 0 Å². The Labute approximate surface area is 49.9 Å². The molecule has 0 radical (unpaired) electrons. The standard InChI is InChI=1S/C3H4N4O2/c4-3-5-1-2(6-3)7(8)9/h1H,(H3,4,5,6). The fraction of sp³-hybridized carbons (Fsp3) is 0. The Morgan fingerprint density at radius 2 is 2.56 bits per heavy atom. The Morgan fingerprint density at radius 3 is 2.78 bits per heavy atom. The van der Waals surface area contributed by atoms with Gasteiger partial charge < -0.3 is 15.8 Å². The van der Waals surface area contributed by atoms with Crippen molar-refractivity contribution in [3.05, 3.63) is 16.3 Å². The van der Waals surface area contributed by atoms with Gasteiger partial charge >= 0.3 is 5.82 Å². The first kappa shape index (κ1) is 5.54. The van der Waals surface area contributed by atoms with Crippen molar-refractivity contribution in [3.63, 3.8) is 0 Å². The molecule has 48 valence electrons. The van der Waals surface area contributed by atoms with E-state index in [0.29, 0.717) is 0 Å². The lowest BCUT2D eigenvalue weighted by molar-refractivity contribution is -0.389. The van der Waals surface area contributed by atoms with Gasteiger partial charge in [-0.1, -0.05) is 0 Å². The van der Waals surface area contributed by atoms with Gasteiger partial charge in [0.1, 0.15) is 6.20 Å². The van der Waals surface area contributed by atoms with Crippen molar-refractivity contribution in [1.82, 2.24) is 9.97 Å². The van der Waals surface area contributed by atoms with Crippen LogP contribution in [0.5, 0.6) is 0 Å². The monoisotopic (exact) mass is 128 g/mol. The number of nitrogen functional groups attached to an aromatic ring is 1. The molecular formula is C3H4N4O2. The summed E-state index contributed by atoms with van der Waals surface area (Å²) in [4.78, 5) is 15.0. The lowest BCUT2D eigenvalue weighted by Crippen LogP contribution is -1.89. The molecule has 0 aliphatic carbocycles. The molecular weight excluding hydrogens is 124 g/mol. The van der Waals surface area contributed by atoms with E-state index in [1.165, 1.54) is 0 Å². The topological polar surface area (TPSA) is 97.8 Å². The van der Waals surface area contributed by atoms with E-state index in [1.54, 1.807) is 0 Å². The summed E-state index contributed by atoms with van der Waals surface area (Å²) in [7, 11) is 0. The van der Waals surface area contributed by atoms with Crippen LogP contribution in [-0.4, -0.2) is 14.9 Å². The first-order valence-corrected chi connectivity index (χ1v) is 2.15. The molecule has 0 amide bonds. The van der Waals surface area contributed by atoms with E-state index in [4.69, 9.17) is 5.73 Å². The summed E-state index contributed by atoms with van der Waals surface area (Å²) in [6.07, 6.45) is 1.06. The van der Waals surface area contributed by atoms with Gasteiger partial charge in [-0.05, 0) is 4.92 Å². The van der Waals surface area contributed by atoms with Crippen LogP contribution < -0.4 is 5.73 Å². The van der Waals surface area contributed by atoms with E-state index in [0.717, 1.165) is 6.20 Å². The maximum Gasteiger partial charge on any atom is 0.342 e. The molecule has 0 spiro atoms. The van der Waals surface area contributed by atoms with Crippen molar-refractivity contribution in [2.24, 2.45) is 0 Å². The summed E-state index contributed by atoms with van der Waals surface area (Å²) in [5.74, 6) is -0.130. The van der Waals surface area contributed by atoms with E-state index in [1.807, 2.05) is 0 Å². The van der Waals surface area contributed by atoms with Crippen LogP contribution in [0.1, 0.15) is 0 Å². The minimum absolute atomic E-state index is 0.0571. The molecule has 0 aliphatic heterocycles. The summed E-state index contributed by atoms with van der Waals surface area (Å²) >= 11 is 0. The van der Waals surface area contributed by atoms with Gasteiger partial charge in [0.2, 0.25) is 0 Å². The van der Waals surface area contributed by atoms with E-state index in [-0.39, 0.29) is 11.8 Å². The number of aromatic amines is 1. The number of nitrogens with zero attached hydrogens (tertiary/aromatic N) is 2. The third-order valence-electron chi connectivity index (χ3n) is 0.779. The number of aromatic nitrogens is 2. The second-order valence-corrected chi connectivity index (χ2v) is 1.41. The largest absolute Gasteiger partial charge is 0.358 e. The van der Waals surface area contributed by atoms with Crippen molar-refractivity contribution in [2.75, 3.05) is 5.73 Å². The van der Waals surface area contributed by atoms with Crippen LogP contribution in [0.25, 0.3) is 0 Å². The van der Waals surface area contributed by atoms with Gasteiger partial charge in [0, 0.05) is 0 Å². The molecule has 0 fully saturated rings. The summed E-state index contributed by atoms with van der Waals surface area (Å²) < 4.78 is 0. The van der Waals surface area contributed by atoms with Crippen molar-refractivity contribution >= 4 is 11.8 Å². The highest BCUT2D eigenvalue weighted by Gasteiger charge is 2.04. The third kappa shape index (κ3) is 0.958. The van der Waals surface area contributed by atoms with Crippen LogP contribution in [0, 0.1) is 10.1 Å². The Morgan fingerprint density at radius 1 is 1.89 bits per heavy atom. The molecule has 0 aromatic carbocycles. The molecule has 1 heterocycles. The van der Waals surface area contributed by atoms with E-state index in [9.17, 15) is 10.1 Å². The number of rotatable bonds is 1. The van der Waals surface area contributed by atoms with Crippen LogP contribution in [0.4, 0.5) is 11.8 Å². The number of hydrogen-bond donors (Lipinski definition) is 2. The van der Waals surface area contributed by atoms with E-state index in [2.05, 4.69) is 9.97 Å². The number of H-pyrrole nitrogens is 1. The highest BCUT2D eigenvalue weighted by Crippen LogP contribution is 2.05. The average Bonchev–Trinajstić information content (AvgIpc) is 2.14. The molecule has 0 unspecified atom stereocenters. The van der Waals surface area contributed by atoms with Crippen LogP contribution in [0.2, 0.25) is 0 Å². The summed E-state index contributed by atoms with van der Waals surface area (Å²) in [5.41, 5.74) is 5.05. The zero-order valence-corrected chi connectivity index (χ0v) is 4.37. The van der Waals surface area contributed by atoms with E-state index < -0.39 is 4.92 Å². The maximum absolute atomic E-state index is 9.89.